The topological polar surface area (TPSA) is 98.0 Å². The molecule has 1 aliphatic rings. The number of thiophene rings is 2. The van der Waals surface area contributed by atoms with Crippen molar-refractivity contribution in [1.82, 2.24) is 9.97 Å². The third kappa shape index (κ3) is 3.59. The van der Waals surface area contributed by atoms with Crippen molar-refractivity contribution < 1.29 is 9.59 Å². The molecule has 0 saturated heterocycles. The average Bonchev–Trinajstić information content (AvgIpc) is 3.32. The number of hydrogen-bond acceptors (Lipinski definition) is 7. The van der Waals surface area contributed by atoms with Gasteiger partial charge in [-0.3, -0.25) is 9.59 Å². The molecule has 3 aromatic heterocycles. The van der Waals surface area contributed by atoms with Crippen LogP contribution < -0.4 is 11.1 Å². The van der Waals surface area contributed by atoms with E-state index in [4.69, 9.17) is 5.73 Å². The van der Waals surface area contributed by atoms with Gasteiger partial charge in [0.1, 0.15) is 21.2 Å². The summed E-state index contributed by atoms with van der Waals surface area (Å²) < 4.78 is 0. The molecule has 0 saturated carbocycles. The minimum Gasteiger partial charge on any atom is -0.365 e. The van der Waals surface area contributed by atoms with Crippen LogP contribution in [-0.4, -0.2) is 27.5 Å². The summed E-state index contributed by atoms with van der Waals surface area (Å²) in [5.41, 5.74) is 7.05. The Labute approximate surface area is 168 Å². The minimum absolute atomic E-state index is 0.167. The number of hydrogen-bond donors (Lipinski definition) is 2. The molecule has 0 aliphatic heterocycles. The first-order chi connectivity index (χ1) is 13.1. The number of amides is 2. The molecule has 0 aromatic carbocycles. The number of nitrogens with zero attached hydrogens (tertiary/aromatic N) is 2. The quantitative estimate of drug-likeness (QED) is 0.470. The zero-order valence-corrected chi connectivity index (χ0v) is 17.2. The lowest BCUT2D eigenvalue weighted by atomic mass is 10.1. The van der Waals surface area contributed by atoms with Gasteiger partial charge in [-0.1, -0.05) is 18.7 Å². The smallest absolute Gasteiger partial charge is 0.251 e. The Morgan fingerprint density at radius 1 is 1.30 bits per heavy atom. The molecule has 3 heterocycles. The summed E-state index contributed by atoms with van der Waals surface area (Å²) >= 11 is 4.50. The van der Waals surface area contributed by atoms with Crippen LogP contribution in [0.25, 0.3) is 10.2 Å². The largest absolute Gasteiger partial charge is 0.365 e. The number of carbonyl (C=O) groups excluding carboxylic acids is 2. The molecule has 0 fully saturated rings. The van der Waals surface area contributed by atoms with Crippen LogP contribution in [0.2, 0.25) is 0 Å². The Morgan fingerprint density at radius 3 is 2.93 bits per heavy atom. The Bertz CT molecular complexity index is 1040. The van der Waals surface area contributed by atoms with Crippen molar-refractivity contribution >= 4 is 61.5 Å². The summed E-state index contributed by atoms with van der Waals surface area (Å²) in [5, 5.41) is 5.24. The molecule has 1 aliphatic carbocycles. The number of aryl methyl sites for hydroxylation is 2. The Balaban J connectivity index is 1.48. The maximum atomic E-state index is 12.5. The normalized spacial score (nSPS) is 13.1. The number of fused-ring (bicyclic) bond motifs is 2. The predicted molar refractivity (Wildman–Crippen MR) is 111 cm³/mol. The van der Waals surface area contributed by atoms with Crippen LogP contribution in [0.5, 0.6) is 0 Å². The van der Waals surface area contributed by atoms with Crippen LogP contribution >= 0.6 is 34.4 Å². The second-order valence-corrected chi connectivity index (χ2v) is 9.41. The lowest BCUT2D eigenvalue weighted by Gasteiger charge is -2.06. The van der Waals surface area contributed by atoms with Crippen LogP contribution in [0.15, 0.2) is 17.4 Å². The fourth-order valence-corrected chi connectivity index (χ4v) is 6.31. The number of carbonyl (C=O) groups is 2. The molecule has 140 valence electrons. The van der Waals surface area contributed by atoms with Gasteiger partial charge in [-0.05, 0) is 37.3 Å². The monoisotopic (exact) mass is 418 g/mol. The molecule has 2 amide bonds. The molecule has 3 aromatic rings. The summed E-state index contributed by atoms with van der Waals surface area (Å²) in [6.07, 6.45) is 5.32. The Hall–Kier alpha value is -1.97. The van der Waals surface area contributed by atoms with Crippen molar-refractivity contribution in [3.05, 3.63) is 33.3 Å². The first-order valence-corrected chi connectivity index (χ1v) is 11.3. The highest BCUT2D eigenvalue weighted by Crippen LogP contribution is 2.39. The van der Waals surface area contributed by atoms with E-state index in [0.717, 1.165) is 51.4 Å². The molecule has 27 heavy (non-hydrogen) atoms. The van der Waals surface area contributed by atoms with Gasteiger partial charge in [-0.2, -0.15) is 0 Å². The van der Waals surface area contributed by atoms with Crippen molar-refractivity contribution in [2.45, 2.75) is 37.6 Å². The maximum absolute atomic E-state index is 12.5. The third-order valence-electron chi connectivity index (χ3n) is 4.45. The number of aromatic nitrogens is 2. The van der Waals surface area contributed by atoms with E-state index in [2.05, 4.69) is 28.3 Å². The van der Waals surface area contributed by atoms with E-state index in [1.54, 1.807) is 11.3 Å². The first kappa shape index (κ1) is 18.4. The molecule has 4 rings (SSSR count). The molecule has 0 spiro atoms. The van der Waals surface area contributed by atoms with Gasteiger partial charge in [0.15, 0.2) is 0 Å². The molecule has 0 bridgehead atoms. The highest BCUT2D eigenvalue weighted by molar-refractivity contribution is 8.00. The maximum Gasteiger partial charge on any atom is 0.251 e. The van der Waals surface area contributed by atoms with Gasteiger partial charge in [0, 0.05) is 15.1 Å². The van der Waals surface area contributed by atoms with E-state index >= 15 is 0 Å². The predicted octanol–water partition coefficient (Wildman–Crippen LogP) is 3.63. The molecule has 9 heteroatoms. The van der Waals surface area contributed by atoms with Crippen LogP contribution in [0.1, 0.15) is 39.0 Å². The Kier molecular flexibility index (Phi) is 5.16. The van der Waals surface area contributed by atoms with E-state index in [1.165, 1.54) is 34.3 Å². The van der Waals surface area contributed by atoms with Crippen LogP contribution in [0, 0.1) is 0 Å². The second kappa shape index (κ2) is 7.57. The van der Waals surface area contributed by atoms with Gasteiger partial charge in [-0.25, -0.2) is 9.97 Å². The van der Waals surface area contributed by atoms with Crippen LogP contribution in [-0.2, 0) is 24.1 Å². The van der Waals surface area contributed by atoms with Gasteiger partial charge >= 0.3 is 0 Å². The van der Waals surface area contributed by atoms with E-state index in [0.29, 0.717) is 10.6 Å². The fraction of sp³-hybridized carbons (Fsp3) is 0.333. The third-order valence-corrected chi connectivity index (χ3v) is 7.85. The lowest BCUT2D eigenvalue weighted by Crippen LogP contribution is -2.19. The van der Waals surface area contributed by atoms with E-state index in [-0.39, 0.29) is 11.7 Å². The van der Waals surface area contributed by atoms with Crippen molar-refractivity contribution in [2.24, 2.45) is 5.73 Å². The molecule has 3 N–H and O–H groups in total. The number of thioether (sulfide) groups is 1. The highest BCUT2D eigenvalue weighted by atomic mass is 32.2. The number of nitrogens with one attached hydrogen (secondary N) is 1. The summed E-state index contributed by atoms with van der Waals surface area (Å²) in [4.78, 5) is 36.3. The number of nitrogens with two attached hydrogens (primary N) is 1. The Morgan fingerprint density at radius 2 is 2.15 bits per heavy atom. The van der Waals surface area contributed by atoms with Gasteiger partial charge in [0.05, 0.1) is 11.3 Å². The van der Waals surface area contributed by atoms with Crippen LogP contribution in [0.3, 0.4) is 0 Å². The molecule has 0 atom stereocenters. The average molecular weight is 419 g/mol. The number of rotatable bonds is 6. The summed E-state index contributed by atoms with van der Waals surface area (Å²) in [5.74, 6) is -0.426. The lowest BCUT2D eigenvalue weighted by molar-refractivity contribution is -0.113. The molecule has 6 nitrogen and oxygen atoms in total. The van der Waals surface area contributed by atoms with E-state index in [9.17, 15) is 9.59 Å². The minimum atomic E-state index is -0.472. The number of primary amides is 1. The SMILES string of the molecule is CCc1cc2c(SCC(=O)Nc3sc4c(c3C(N)=O)CCC4)ncnc2s1. The zero-order valence-electron chi connectivity index (χ0n) is 14.7. The standard InChI is InChI=1S/C18H18N4O2S3/c1-2-9-6-11-16(20-8-21-17(11)26-9)25-7-13(23)22-18-14(15(19)24)10-4-3-5-12(10)27-18/h6,8H,2-5,7H2,1H3,(H2,19,24)(H,22,23). The van der Waals surface area contributed by atoms with E-state index < -0.39 is 5.91 Å². The first-order valence-electron chi connectivity index (χ1n) is 8.67. The molecular weight excluding hydrogens is 400 g/mol. The second-order valence-electron chi connectivity index (χ2n) is 6.23. The van der Waals surface area contributed by atoms with Crippen molar-refractivity contribution in [3.63, 3.8) is 0 Å². The number of anilines is 1. The van der Waals surface area contributed by atoms with Gasteiger partial charge in [-0.15, -0.1) is 22.7 Å². The van der Waals surface area contributed by atoms with Crippen molar-refractivity contribution in [3.8, 4) is 0 Å². The van der Waals surface area contributed by atoms with Gasteiger partial charge in [0.25, 0.3) is 5.91 Å². The van der Waals surface area contributed by atoms with Crippen LogP contribution in [0.4, 0.5) is 5.00 Å². The molecular formula is C18H18N4O2S3. The van der Waals surface area contributed by atoms with Gasteiger partial charge in [0.2, 0.25) is 5.91 Å². The fourth-order valence-electron chi connectivity index (χ4n) is 3.22. The summed E-state index contributed by atoms with van der Waals surface area (Å²) in [7, 11) is 0. The van der Waals surface area contributed by atoms with Gasteiger partial charge < -0.3 is 11.1 Å². The van der Waals surface area contributed by atoms with Crippen molar-refractivity contribution in [1.29, 1.82) is 0 Å². The molecule has 0 unspecified atom stereocenters. The molecule has 0 radical (unpaired) electrons. The highest BCUT2D eigenvalue weighted by Gasteiger charge is 2.26. The summed E-state index contributed by atoms with van der Waals surface area (Å²) in [6.45, 7) is 2.10. The van der Waals surface area contributed by atoms with Crippen molar-refractivity contribution in [2.75, 3.05) is 11.1 Å². The summed E-state index contributed by atoms with van der Waals surface area (Å²) in [6, 6.07) is 2.09. The zero-order chi connectivity index (χ0) is 19.0. The van der Waals surface area contributed by atoms with E-state index in [1.807, 2.05) is 0 Å².